The lowest BCUT2D eigenvalue weighted by atomic mass is 9.93. The van der Waals surface area contributed by atoms with E-state index in [0.717, 1.165) is 42.9 Å². The van der Waals surface area contributed by atoms with E-state index in [1.165, 1.54) is 0 Å². The minimum Gasteiger partial charge on any atom is -0.368 e. The predicted octanol–water partition coefficient (Wildman–Crippen LogP) is 2.40. The van der Waals surface area contributed by atoms with Gasteiger partial charge in [-0.25, -0.2) is 14.3 Å². The summed E-state index contributed by atoms with van der Waals surface area (Å²) < 4.78 is 1.69. The molecule has 2 N–H and O–H groups in total. The van der Waals surface area contributed by atoms with Crippen LogP contribution in [0.15, 0.2) is 30.9 Å². The quantitative estimate of drug-likeness (QED) is 0.803. The van der Waals surface area contributed by atoms with E-state index < -0.39 is 6.03 Å². The van der Waals surface area contributed by atoms with Crippen molar-refractivity contribution in [3.05, 3.63) is 36.4 Å². The van der Waals surface area contributed by atoms with Crippen LogP contribution < -0.4 is 10.6 Å². The lowest BCUT2D eigenvalue weighted by Gasteiger charge is -2.38. The highest BCUT2D eigenvalue weighted by Crippen LogP contribution is 2.34. The molecule has 0 spiro atoms. The predicted molar refractivity (Wildman–Crippen MR) is 109 cm³/mol. The summed E-state index contributed by atoms with van der Waals surface area (Å²) in [5.74, 6) is -0.123. The first-order valence-electron chi connectivity index (χ1n) is 10.4. The van der Waals surface area contributed by atoms with Crippen LogP contribution in [0.4, 0.5) is 10.5 Å². The second kappa shape index (κ2) is 7.59. The van der Waals surface area contributed by atoms with Crippen molar-refractivity contribution in [2.24, 2.45) is 11.7 Å². The molecule has 0 saturated carbocycles. The minimum absolute atomic E-state index is 0.0104. The number of aromatic nitrogens is 3. The highest BCUT2D eigenvalue weighted by Gasteiger charge is 2.53. The Morgan fingerprint density at radius 3 is 2.52 bits per heavy atom. The van der Waals surface area contributed by atoms with Crippen LogP contribution in [0.2, 0.25) is 0 Å². The molecule has 2 aromatic heterocycles. The van der Waals surface area contributed by atoms with Crippen molar-refractivity contribution < 1.29 is 14.1 Å². The van der Waals surface area contributed by atoms with Crippen LogP contribution in [0.25, 0.3) is 5.69 Å². The van der Waals surface area contributed by atoms with Gasteiger partial charge in [0.25, 0.3) is 0 Å². The summed E-state index contributed by atoms with van der Waals surface area (Å²) in [4.78, 5) is 32.1. The molecule has 0 bridgehead atoms. The number of likely N-dealkylation sites (tertiary alicyclic amines) is 1. The van der Waals surface area contributed by atoms with Crippen LogP contribution in [0, 0.1) is 12.8 Å². The van der Waals surface area contributed by atoms with E-state index in [4.69, 9.17) is 5.73 Å². The summed E-state index contributed by atoms with van der Waals surface area (Å²) in [6, 6.07) is 1.44. The Bertz CT molecular complexity index is 917. The summed E-state index contributed by atoms with van der Waals surface area (Å²) in [5.41, 5.74) is 8.80. The molecule has 2 fully saturated rings. The van der Waals surface area contributed by atoms with Gasteiger partial charge in [0, 0.05) is 38.3 Å². The van der Waals surface area contributed by atoms with Gasteiger partial charge in [0.2, 0.25) is 0 Å². The second-order valence-electron chi connectivity index (χ2n) is 8.35. The first-order valence-corrected chi connectivity index (χ1v) is 10.4. The number of anilines is 1. The van der Waals surface area contributed by atoms with Gasteiger partial charge in [-0.05, 0) is 38.3 Å². The molecule has 2 aliphatic heterocycles. The second-order valence-corrected chi connectivity index (χ2v) is 8.35. The maximum Gasteiger partial charge on any atom is 0.421 e. The van der Waals surface area contributed by atoms with Crippen molar-refractivity contribution >= 4 is 17.6 Å². The highest BCUT2D eigenvalue weighted by atomic mass is 16.2. The third-order valence-electron chi connectivity index (χ3n) is 6.59. The van der Waals surface area contributed by atoms with Gasteiger partial charge in [0.1, 0.15) is 6.04 Å². The Kier molecular flexibility index (Phi) is 5.12. The van der Waals surface area contributed by atoms with E-state index in [1.807, 2.05) is 43.2 Å². The number of hydrogen-bond donors (Lipinski definition) is 1. The zero-order valence-corrected chi connectivity index (χ0v) is 17.1. The van der Waals surface area contributed by atoms with Crippen molar-refractivity contribution in [2.45, 2.75) is 45.6 Å². The molecular weight excluding hydrogens is 368 g/mol. The van der Waals surface area contributed by atoms with Gasteiger partial charge < -0.3 is 10.6 Å². The molecule has 4 heterocycles. The molecular formula is C21H29N6O2+. The highest BCUT2D eigenvalue weighted by molar-refractivity contribution is 5.85. The Morgan fingerprint density at radius 2 is 1.93 bits per heavy atom. The van der Waals surface area contributed by atoms with Gasteiger partial charge in [-0.1, -0.05) is 0 Å². The van der Waals surface area contributed by atoms with Gasteiger partial charge >= 0.3 is 11.9 Å². The summed E-state index contributed by atoms with van der Waals surface area (Å²) in [6.07, 6.45) is 10.6. The lowest BCUT2D eigenvalue weighted by Crippen LogP contribution is -2.63. The number of imide groups is 1. The molecule has 8 nitrogen and oxygen atoms in total. The lowest BCUT2D eigenvalue weighted by molar-refractivity contribution is -0.785. The smallest absolute Gasteiger partial charge is 0.368 e. The maximum absolute atomic E-state index is 13.3. The molecule has 2 atom stereocenters. The van der Waals surface area contributed by atoms with Gasteiger partial charge in [-0.15, -0.1) is 0 Å². The molecule has 8 heteroatoms. The number of carbonyl (C=O) groups excluding carboxylic acids is 2. The van der Waals surface area contributed by atoms with E-state index in [9.17, 15) is 9.59 Å². The Morgan fingerprint density at radius 1 is 1.17 bits per heavy atom. The number of nitrogens with two attached hydrogens (primary N) is 1. The monoisotopic (exact) mass is 397 g/mol. The normalized spacial score (nSPS) is 25.3. The van der Waals surface area contributed by atoms with Crippen LogP contribution in [0.1, 0.15) is 38.2 Å². The van der Waals surface area contributed by atoms with E-state index in [1.54, 1.807) is 6.20 Å². The fourth-order valence-electron chi connectivity index (χ4n) is 4.89. The van der Waals surface area contributed by atoms with Crippen LogP contribution in [0.3, 0.4) is 0 Å². The fraction of sp³-hybridized carbons (Fsp3) is 0.524. The van der Waals surface area contributed by atoms with Gasteiger partial charge in [-0.3, -0.25) is 4.98 Å². The number of amides is 3. The van der Waals surface area contributed by atoms with Crippen LogP contribution >= 0.6 is 0 Å². The minimum atomic E-state index is -0.494. The van der Waals surface area contributed by atoms with Crippen molar-refractivity contribution in [2.75, 3.05) is 24.5 Å². The van der Waals surface area contributed by atoms with Crippen molar-refractivity contribution in [1.82, 2.24) is 14.8 Å². The zero-order valence-electron chi connectivity index (χ0n) is 17.1. The number of rotatable bonds is 3. The molecule has 3 amide bonds. The van der Waals surface area contributed by atoms with E-state index in [2.05, 4.69) is 15.0 Å². The fourth-order valence-corrected chi connectivity index (χ4v) is 4.89. The molecule has 1 unspecified atom stereocenters. The average molecular weight is 398 g/mol. The van der Waals surface area contributed by atoms with Gasteiger partial charge in [-0.2, -0.15) is 9.58 Å². The number of primary amides is 1. The number of piperidine rings is 1. The van der Waals surface area contributed by atoms with E-state index >= 15 is 0 Å². The molecule has 0 aliphatic carbocycles. The van der Waals surface area contributed by atoms with Crippen molar-refractivity contribution in [3.63, 3.8) is 0 Å². The molecule has 4 rings (SSSR count). The molecule has 0 aromatic carbocycles. The largest absolute Gasteiger partial charge is 0.421 e. The van der Waals surface area contributed by atoms with Crippen molar-refractivity contribution in [1.29, 1.82) is 0 Å². The SMILES string of the molecule is Cc1cnn(-c2ccncc2N2CCC(C(=O)[N+]3(C(N)=O)CCC[C@H]3C)CC2)c1. The van der Waals surface area contributed by atoms with E-state index in [0.29, 0.717) is 19.4 Å². The molecule has 2 aromatic rings. The number of hydrogen-bond acceptors (Lipinski definition) is 5. The Hall–Kier alpha value is -2.74. The molecule has 0 radical (unpaired) electrons. The number of urea groups is 1. The first kappa shape index (κ1) is 19.6. The summed E-state index contributed by atoms with van der Waals surface area (Å²) in [6.45, 7) is 6.00. The van der Waals surface area contributed by atoms with Crippen molar-refractivity contribution in [3.8, 4) is 5.69 Å². The van der Waals surface area contributed by atoms with Gasteiger partial charge in [0.05, 0.1) is 36.2 Å². The summed E-state index contributed by atoms with van der Waals surface area (Å²) in [5, 5.41) is 4.43. The number of quaternary nitrogens is 1. The number of nitrogens with zero attached hydrogens (tertiary/aromatic N) is 5. The number of aryl methyl sites for hydroxylation is 1. The molecule has 2 saturated heterocycles. The van der Waals surface area contributed by atoms with Crippen LogP contribution in [-0.2, 0) is 4.79 Å². The molecule has 154 valence electrons. The Balaban J connectivity index is 1.51. The topological polar surface area (TPSA) is 94.1 Å². The van der Waals surface area contributed by atoms with E-state index in [-0.39, 0.29) is 22.3 Å². The summed E-state index contributed by atoms with van der Waals surface area (Å²) in [7, 11) is 0. The third-order valence-corrected chi connectivity index (χ3v) is 6.59. The van der Waals surface area contributed by atoms with Crippen LogP contribution in [0.5, 0.6) is 0 Å². The molecule has 2 aliphatic rings. The Labute approximate surface area is 170 Å². The number of pyridine rings is 1. The summed E-state index contributed by atoms with van der Waals surface area (Å²) >= 11 is 0. The average Bonchev–Trinajstić information content (AvgIpc) is 3.34. The van der Waals surface area contributed by atoms with Gasteiger partial charge in [0.15, 0.2) is 0 Å². The van der Waals surface area contributed by atoms with Crippen LogP contribution in [-0.4, -0.2) is 56.9 Å². The number of carbonyl (C=O) groups is 2. The maximum atomic E-state index is 13.3. The zero-order chi connectivity index (χ0) is 20.6. The third kappa shape index (κ3) is 3.31. The first-order chi connectivity index (χ1) is 13.9. The standard InChI is InChI=1S/C21H28N6O2/c1-15-12-24-26(14-15)18-5-8-23-13-19(18)25-9-6-17(7-10-25)20(28)27(21(22)29)11-3-4-16(27)2/h5,8,12-14,16-17H,3-4,6-7,9-11H2,1-2H3,(H-,22,29)/p+1/t16-,27?/m1/s1. The molecule has 29 heavy (non-hydrogen) atoms.